The molecule has 3 heteroatoms. The standard InChI is InChI=1S/C7H7N3/c1-2-6-3-5-8-7(6)10-9-4-1/h1-5,8,10H. The molecule has 2 rings (SSSR count). The van der Waals surface area contributed by atoms with E-state index in [0.29, 0.717) is 0 Å². The van der Waals surface area contributed by atoms with Gasteiger partial charge in [-0.3, -0.25) is 5.43 Å². The average molecular weight is 133 g/mol. The van der Waals surface area contributed by atoms with Crippen LogP contribution in [0.4, 0.5) is 5.82 Å². The van der Waals surface area contributed by atoms with E-state index < -0.39 is 0 Å². The summed E-state index contributed by atoms with van der Waals surface area (Å²) in [7, 11) is 0. The van der Waals surface area contributed by atoms with Gasteiger partial charge in [0.15, 0.2) is 0 Å². The molecule has 10 heavy (non-hydrogen) atoms. The minimum absolute atomic E-state index is 0.949. The monoisotopic (exact) mass is 133 g/mol. The fourth-order valence-corrected chi connectivity index (χ4v) is 0.909. The van der Waals surface area contributed by atoms with Gasteiger partial charge in [-0.2, -0.15) is 5.10 Å². The third kappa shape index (κ3) is 0.719. The van der Waals surface area contributed by atoms with Crippen molar-refractivity contribution in [2.24, 2.45) is 5.10 Å². The van der Waals surface area contributed by atoms with E-state index in [1.54, 1.807) is 6.21 Å². The first-order chi connectivity index (χ1) is 4.97. The lowest BCUT2D eigenvalue weighted by molar-refractivity contribution is 1.27. The Labute approximate surface area is 58.5 Å². The van der Waals surface area contributed by atoms with Crippen molar-refractivity contribution in [1.82, 2.24) is 4.98 Å². The van der Waals surface area contributed by atoms with Gasteiger partial charge < -0.3 is 4.98 Å². The van der Waals surface area contributed by atoms with Crippen LogP contribution in [0.15, 0.2) is 23.4 Å². The Bertz CT molecular complexity index is 283. The summed E-state index contributed by atoms with van der Waals surface area (Å²) in [5, 5.41) is 3.89. The normalized spacial score (nSPS) is 14.0. The zero-order chi connectivity index (χ0) is 6.81. The molecule has 3 nitrogen and oxygen atoms in total. The minimum atomic E-state index is 0.949. The van der Waals surface area contributed by atoms with Gasteiger partial charge in [-0.25, -0.2) is 0 Å². The van der Waals surface area contributed by atoms with Crippen LogP contribution in [0.3, 0.4) is 0 Å². The number of hydrogen-bond donors (Lipinski definition) is 2. The summed E-state index contributed by atoms with van der Waals surface area (Å²) in [6, 6.07) is 1.99. The number of hydrazone groups is 1. The summed E-state index contributed by atoms with van der Waals surface area (Å²) in [6.07, 6.45) is 7.48. The summed E-state index contributed by atoms with van der Waals surface area (Å²) in [5.41, 5.74) is 3.99. The Morgan fingerprint density at radius 1 is 1.40 bits per heavy atom. The molecule has 1 aromatic rings. The number of H-pyrrole nitrogens is 1. The van der Waals surface area contributed by atoms with Crippen molar-refractivity contribution in [3.8, 4) is 0 Å². The fourth-order valence-electron chi connectivity index (χ4n) is 0.909. The van der Waals surface area contributed by atoms with Crippen molar-refractivity contribution in [3.05, 3.63) is 23.9 Å². The number of allylic oxidation sites excluding steroid dienone is 1. The Morgan fingerprint density at radius 2 is 2.40 bits per heavy atom. The SMILES string of the molecule is C1=Cc2cc[nH]c2NN=C1. The van der Waals surface area contributed by atoms with Crippen molar-refractivity contribution in [2.75, 3.05) is 5.43 Å². The molecule has 0 saturated heterocycles. The maximum absolute atomic E-state index is 3.89. The lowest BCUT2D eigenvalue weighted by Crippen LogP contribution is -1.87. The fraction of sp³-hybridized carbons (Fsp3) is 0. The van der Waals surface area contributed by atoms with Gasteiger partial charge in [-0.05, 0) is 18.2 Å². The molecular formula is C7H7N3. The second-order valence-corrected chi connectivity index (χ2v) is 2.06. The molecule has 0 aliphatic carbocycles. The molecule has 0 bridgehead atoms. The van der Waals surface area contributed by atoms with Crippen LogP contribution in [0.2, 0.25) is 0 Å². The van der Waals surface area contributed by atoms with E-state index in [2.05, 4.69) is 15.5 Å². The highest BCUT2D eigenvalue weighted by Gasteiger charge is 1.98. The summed E-state index contributed by atoms with van der Waals surface area (Å²) < 4.78 is 0. The molecular weight excluding hydrogens is 126 g/mol. The summed E-state index contributed by atoms with van der Waals surface area (Å²) in [4.78, 5) is 3.02. The van der Waals surface area contributed by atoms with Gasteiger partial charge in [0.1, 0.15) is 5.82 Å². The molecule has 0 unspecified atom stereocenters. The first kappa shape index (κ1) is 5.29. The van der Waals surface area contributed by atoms with E-state index in [0.717, 1.165) is 11.4 Å². The molecule has 0 radical (unpaired) electrons. The van der Waals surface area contributed by atoms with Gasteiger partial charge in [-0.1, -0.05) is 0 Å². The van der Waals surface area contributed by atoms with Gasteiger partial charge in [0, 0.05) is 18.0 Å². The highest BCUT2D eigenvalue weighted by molar-refractivity contribution is 5.83. The number of aromatic amines is 1. The molecule has 1 aliphatic rings. The number of anilines is 1. The molecule has 0 spiro atoms. The quantitative estimate of drug-likeness (QED) is 0.552. The Balaban J connectivity index is 2.50. The van der Waals surface area contributed by atoms with Crippen molar-refractivity contribution in [1.29, 1.82) is 0 Å². The van der Waals surface area contributed by atoms with Crippen LogP contribution < -0.4 is 5.43 Å². The smallest absolute Gasteiger partial charge is 0.131 e. The lowest BCUT2D eigenvalue weighted by Gasteiger charge is -1.93. The molecule has 0 aromatic carbocycles. The molecule has 0 atom stereocenters. The Morgan fingerprint density at radius 3 is 3.40 bits per heavy atom. The average Bonchev–Trinajstić information content (AvgIpc) is 2.28. The number of fused-ring (bicyclic) bond motifs is 1. The van der Waals surface area contributed by atoms with Gasteiger partial charge in [0.25, 0.3) is 0 Å². The van der Waals surface area contributed by atoms with Crippen molar-refractivity contribution < 1.29 is 0 Å². The largest absolute Gasteiger partial charge is 0.347 e. The minimum Gasteiger partial charge on any atom is -0.347 e. The van der Waals surface area contributed by atoms with Crippen LogP contribution in [-0.2, 0) is 0 Å². The molecule has 2 heterocycles. The van der Waals surface area contributed by atoms with Crippen LogP contribution >= 0.6 is 0 Å². The van der Waals surface area contributed by atoms with Gasteiger partial charge in [0.05, 0.1) is 0 Å². The van der Waals surface area contributed by atoms with Crippen molar-refractivity contribution in [2.45, 2.75) is 0 Å². The van der Waals surface area contributed by atoms with E-state index in [9.17, 15) is 0 Å². The number of nitrogens with one attached hydrogen (secondary N) is 2. The van der Waals surface area contributed by atoms with Crippen LogP contribution in [0.5, 0.6) is 0 Å². The molecule has 2 N–H and O–H groups in total. The third-order valence-electron chi connectivity index (χ3n) is 1.39. The van der Waals surface area contributed by atoms with E-state index in [4.69, 9.17) is 0 Å². The Kier molecular flexibility index (Phi) is 1.07. The number of hydrogen-bond acceptors (Lipinski definition) is 2. The predicted molar refractivity (Wildman–Crippen MR) is 41.9 cm³/mol. The van der Waals surface area contributed by atoms with Crippen LogP contribution in [0, 0.1) is 0 Å². The Hall–Kier alpha value is -1.51. The second kappa shape index (κ2) is 2.02. The molecule has 1 aromatic heterocycles. The van der Waals surface area contributed by atoms with Crippen molar-refractivity contribution >= 4 is 18.1 Å². The number of nitrogens with zero attached hydrogens (tertiary/aromatic N) is 1. The van der Waals surface area contributed by atoms with Gasteiger partial charge in [0.2, 0.25) is 0 Å². The third-order valence-corrected chi connectivity index (χ3v) is 1.39. The number of rotatable bonds is 0. The van der Waals surface area contributed by atoms with E-state index in [1.807, 2.05) is 24.4 Å². The molecule has 0 amide bonds. The maximum atomic E-state index is 3.89. The molecule has 0 saturated carbocycles. The zero-order valence-corrected chi connectivity index (χ0v) is 5.33. The zero-order valence-electron chi connectivity index (χ0n) is 5.33. The van der Waals surface area contributed by atoms with E-state index in [1.165, 1.54) is 0 Å². The van der Waals surface area contributed by atoms with E-state index in [-0.39, 0.29) is 0 Å². The molecule has 50 valence electrons. The molecule has 1 aliphatic heterocycles. The maximum Gasteiger partial charge on any atom is 0.131 e. The predicted octanol–water partition coefficient (Wildman–Crippen LogP) is 1.44. The molecule has 0 fully saturated rings. The first-order valence-corrected chi connectivity index (χ1v) is 3.10. The number of aromatic nitrogens is 1. The van der Waals surface area contributed by atoms with E-state index >= 15 is 0 Å². The van der Waals surface area contributed by atoms with Gasteiger partial charge >= 0.3 is 0 Å². The van der Waals surface area contributed by atoms with Gasteiger partial charge in [-0.15, -0.1) is 0 Å². The van der Waals surface area contributed by atoms with Crippen LogP contribution in [-0.4, -0.2) is 11.2 Å². The van der Waals surface area contributed by atoms with Crippen molar-refractivity contribution in [3.63, 3.8) is 0 Å². The highest BCUT2D eigenvalue weighted by Crippen LogP contribution is 2.15. The summed E-state index contributed by atoms with van der Waals surface area (Å²) >= 11 is 0. The highest BCUT2D eigenvalue weighted by atomic mass is 15.3. The summed E-state index contributed by atoms with van der Waals surface area (Å²) in [6.45, 7) is 0. The lowest BCUT2D eigenvalue weighted by atomic mass is 10.3. The van der Waals surface area contributed by atoms with Crippen LogP contribution in [0.1, 0.15) is 5.56 Å². The first-order valence-electron chi connectivity index (χ1n) is 3.10. The topological polar surface area (TPSA) is 40.2 Å². The second-order valence-electron chi connectivity index (χ2n) is 2.06. The summed E-state index contributed by atoms with van der Waals surface area (Å²) in [5.74, 6) is 0.949. The van der Waals surface area contributed by atoms with Crippen LogP contribution in [0.25, 0.3) is 6.08 Å².